The molecule has 4 aliphatic rings. The van der Waals surface area contributed by atoms with Gasteiger partial charge in [0.05, 0.1) is 0 Å². The molecule has 1 unspecified atom stereocenters. The molecule has 0 heterocycles. The topological polar surface area (TPSA) is 0 Å². The number of hydrogen-bond donors (Lipinski definition) is 0. The summed E-state index contributed by atoms with van der Waals surface area (Å²) in [7, 11) is 0. The van der Waals surface area contributed by atoms with Crippen molar-refractivity contribution in [3.63, 3.8) is 0 Å². The van der Waals surface area contributed by atoms with Gasteiger partial charge in [-0.15, -0.1) is 39.7 Å². The first-order valence-corrected chi connectivity index (χ1v) is 19.0. The van der Waals surface area contributed by atoms with E-state index in [1.807, 2.05) is 6.07 Å². The Morgan fingerprint density at radius 1 is 0.766 bits per heavy atom. The zero-order valence-corrected chi connectivity index (χ0v) is 32.7. The first-order chi connectivity index (χ1) is 22.2. The number of fused-ring (bicyclic) bond motifs is 5. The Hall–Kier alpha value is -2.76. The summed E-state index contributed by atoms with van der Waals surface area (Å²) in [4.78, 5) is 0. The zero-order valence-electron chi connectivity index (χ0n) is 30.2. The maximum atomic E-state index is 3.37. The third-order valence-corrected chi connectivity index (χ3v) is 11.9. The van der Waals surface area contributed by atoms with E-state index < -0.39 is 0 Å². The SMILES string of the molecule is CC1=CC(C)(C)c2cc3[cH-]c4cc5c(cc4c3cc21)C(C)=CC5(C)C.CC1[C-]=CC(C2(C)CCCCC2)=C1.C[C](=[Zr+2])c1ccccc1. The van der Waals surface area contributed by atoms with Crippen LogP contribution < -0.4 is 0 Å². The molecular formula is C46H52Zr. The normalized spacial score (nSPS) is 21.2. The summed E-state index contributed by atoms with van der Waals surface area (Å²) in [5.41, 5.74) is 12.3. The third-order valence-electron chi connectivity index (χ3n) is 11.2. The molecule has 0 aromatic heterocycles. The van der Waals surface area contributed by atoms with E-state index in [0.29, 0.717) is 11.3 Å². The van der Waals surface area contributed by atoms with E-state index in [0.717, 1.165) is 0 Å². The van der Waals surface area contributed by atoms with Crippen molar-refractivity contribution >= 4 is 35.9 Å². The van der Waals surface area contributed by atoms with Crippen LogP contribution in [0.1, 0.15) is 122 Å². The van der Waals surface area contributed by atoms with Gasteiger partial charge in [-0.25, -0.2) is 6.08 Å². The average Bonchev–Trinajstić information content (AvgIpc) is 3.74. The van der Waals surface area contributed by atoms with Gasteiger partial charge in [0.25, 0.3) is 0 Å². The van der Waals surface area contributed by atoms with Gasteiger partial charge in [0, 0.05) is 10.8 Å². The van der Waals surface area contributed by atoms with Gasteiger partial charge >= 0.3 is 70.3 Å². The van der Waals surface area contributed by atoms with E-state index in [1.165, 1.54) is 120 Å². The molecule has 0 aliphatic heterocycles. The van der Waals surface area contributed by atoms with Crippen LogP contribution in [0.4, 0.5) is 0 Å². The molecule has 0 spiro atoms. The summed E-state index contributed by atoms with van der Waals surface area (Å²) in [6.07, 6.45) is 19.8. The number of rotatable bonds is 2. The Morgan fingerprint density at radius 3 is 1.70 bits per heavy atom. The summed E-state index contributed by atoms with van der Waals surface area (Å²) in [5, 5.41) is 5.57. The molecule has 4 aromatic carbocycles. The van der Waals surface area contributed by atoms with Gasteiger partial charge in [0.2, 0.25) is 0 Å². The van der Waals surface area contributed by atoms with E-state index >= 15 is 0 Å². The van der Waals surface area contributed by atoms with Crippen LogP contribution in [0.5, 0.6) is 0 Å². The molecule has 1 heteroatoms. The van der Waals surface area contributed by atoms with Gasteiger partial charge in [-0.3, -0.25) is 6.08 Å². The standard InChI is InChI=1S/C25H25.C13H19.C8H8.Zr/c1-14-12-24(3,4)22-8-16-7-17-9-23-19(15(2)13-25(23,5)6)11-21(17)20(16)10-18(14)22;1-11-6-7-12(10-11)13(2)8-4-3-5-9-13;1-2-8-6-4-3-5-7-8;/h7-13H,1-6H3;7,10-11H,3-5,8-9H2,1-2H3;3-7H,1H3;/q2*-1;;+2. The van der Waals surface area contributed by atoms with E-state index in [4.69, 9.17) is 0 Å². The predicted molar refractivity (Wildman–Crippen MR) is 203 cm³/mol. The Labute approximate surface area is 299 Å². The molecule has 47 heavy (non-hydrogen) atoms. The van der Waals surface area contributed by atoms with Crippen molar-refractivity contribution in [1.82, 2.24) is 0 Å². The van der Waals surface area contributed by atoms with Crippen molar-refractivity contribution < 1.29 is 24.2 Å². The van der Waals surface area contributed by atoms with Crippen molar-refractivity contribution in [2.75, 3.05) is 0 Å². The molecule has 1 fully saturated rings. The molecule has 4 aliphatic carbocycles. The van der Waals surface area contributed by atoms with Crippen molar-refractivity contribution in [2.45, 2.75) is 105 Å². The summed E-state index contributed by atoms with van der Waals surface area (Å²) < 4.78 is 1.46. The van der Waals surface area contributed by atoms with E-state index in [9.17, 15) is 0 Å². The van der Waals surface area contributed by atoms with Crippen LogP contribution in [-0.2, 0) is 35.1 Å². The molecule has 0 radical (unpaired) electrons. The van der Waals surface area contributed by atoms with Gasteiger partial charge in [-0.05, 0) is 36.1 Å². The summed E-state index contributed by atoms with van der Waals surface area (Å²) in [6, 6.07) is 22.6. The second-order valence-electron chi connectivity index (χ2n) is 16.0. The van der Waals surface area contributed by atoms with Crippen LogP contribution in [0.3, 0.4) is 0 Å². The Bertz CT molecular complexity index is 1870. The van der Waals surface area contributed by atoms with Crippen LogP contribution in [0, 0.1) is 17.4 Å². The van der Waals surface area contributed by atoms with Crippen molar-refractivity contribution in [3.8, 4) is 0 Å². The molecule has 0 amide bonds. The molecule has 240 valence electrons. The third kappa shape index (κ3) is 6.77. The second kappa shape index (κ2) is 12.9. The minimum atomic E-state index is 0.139. The molecule has 4 aromatic rings. The van der Waals surface area contributed by atoms with Gasteiger partial charge in [-0.2, -0.15) is 11.6 Å². The van der Waals surface area contributed by atoms with E-state index in [1.54, 1.807) is 5.57 Å². The quantitative estimate of drug-likeness (QED) is 0.183. The molecule has 0 saturated heterocycles. The fourth-order valence-corrected chi connectivity index (χ4v) is 8.90. The monoisotopic (exact) mass is 694 g/mol. The van der Waals surface area contributed by atoms with Crippen molar-refractivity contribution in [2.24, 2.45) is 11.3 Å². The Morgan fingerprint density at radius 2 is 1.28 bits per heavy atom. The van der Waals surface area contributed by atoms with Crippen LogP contribution in [0.25, 0.3) is 32.7 Å². The predicted octanol–water partition coefficient (Wildman–Crippen LogP) is 12.8. The average molecular weight is 696 g/mol. The Kier molecular flexibility index (Phi) is 9.39. The first-order valence-electron chi connectivity index (χ1n) is 17.7. The molecular weight excluding hydrogens is 644 g/mol. The summed E-state index contributed by atoms with van der Waals surface area (Å²) >= 11 is 1.51. The molecule has 8 rings (SSSR count). The second-order valence-corrected chi connectivity index (χ2v) is 17.9. The molecule has 1 atom stereocenters. The van der Waals surface area contributed by atoms with Crippen LogP contribution >= 0.6 is 0 Å². The van der Waals surface area contributed by atoms with E-state index in [2.05, 4.69) is 147 Å². The fraction of sp³-hybridized carbons (Fsp3) is 0.391. The summed E-state index contributed by atoms with van der Waals surface area (Å²) in [6.45, 7) is 20.6. The fourth-order valence-electron chi connectivity index (χ4n) is 8.49. The van der Waals surface area contributed by atoms with Crippen LogP contribution in [-0.4, -0.2) is 3.21 Å². The number of allylic oxidation sites excluding steroid dienone is 8. The first kappa shape index (κ1) is 34.1. The van der Waals surface area contributed by atoms with Gasteiger partial charge in [-0.1, -0.05) is 120 Å². The molecule has 0 bridgehead atoms. The van der Waals surface area contributed by atoms with Gasteiger partial charge in [0.15, 0.2) is 0 Å². The number of benzene rings is 3. The van der Waals surface area contributed by atoms with Gasteiger partial charge < -0.3 is 0 Å². The Balaban J connectivity index is 0.000000146. The van der Waals surface area contributed by atoms with Crippen molar-refractivity contribution in [3.05, 3.63) is 124 Å². The van der Waals surface area contributed by atoms with Crippen molar-refractivity contribution in [1.29, 1.82) is 0 Å². The molecule has 0 N–H and O–H groups in total. The van der Waals surface area contributed by atoms with Gasteiger partial charge in [0.1, 0.15) is 0 Å². The molecule has 1 saturated carbocycles. The zero-order chi connectivity index (χ0) is 33.7. The summed E-state index contributed by atoms with van der Waals surface area (Å²) in [5.74, 6) is 0.550. The minimum absolute atomic E-state index is 0.139. The van der Waals surface area contributed by atoms with E-state index in [-0.39, 0.29) is 10.8 Å². The van der Waals surface area contributed by atoms with Crippen LogP contribution in [0.15, 0.2) is 90.5 Å². The van der Waals surface area contributed by atoms with Crippen LogP contribution in [0.2, 0.25) is 0 Å². The molecule has 0 nitrogen and oxygen atoms in total. The number of hydrogen-bond acceptors (Lipinski definition) is 0. The maximum absolute atomic E-state index is 3.37.